The fraction of sp³-hybridized carbons (Fsp3) is 0.250. The van der Waals surface area contributed by atoms with E-state index in [9.17, 15) is 9.59 Å². The van der Waals surface area contributed by atoms with Crippen LogP contribution >= 0.6 is 15.9 Å². The van der Waals surface area contributed by atoms with Crippen molar-refractivity contribution in [2.24, 2.45) is 0 Å². The van der Waals surface area contributed by atoms with Crippen molar-refractivity contribution in [3.63, 3.8) is 0 Å². The van der Waals surface area contributed by atoms with Gasteiger partial charge in [0.1, 0.15) is 5.70 Å². The van der Waals surface area contributed by atoms with E-state index in [4.69, 9.17) is 9.97 Å². The number of urea groups is 1. The van der Waals surface area contributed by atoms with Crippen molar-refractivity contribution < 1.29 is 9.59 Å². The van der Waals surface area contributed by atoms with Crippen LogP contribution in [0.25, 0.3) is 11.7 Å². The van der Waals surface area contributed by atoms with Gasteiger partial charge in [-0.2, -0.15) is 19.6 Å². The van der Waals surface area contributed by atoms with Crippen LogP contribution in [-0.2, 0) is 11.3 Å². The Morgan fingerprint density at radius 1 is 1.26 bits per heavy atom. The van der Waals surface area contributed by atoms with Gasteiger partial charge in [0.2, 0.25) is 11.9 Å². The number of amides is 3. The molecule has 3 aromatic rings. The molecule has 1 aromatic carbocycles. The molecule has 3 N–H and O–H groups in total. The fourth-order valence-electron chi connectivity index (χ4n) is 3.25. The Balaban J connectivity index is 1.55. The summed E-state index contributed by atoms with van der Waals surface area (Å²) in [7, 11) is 1.92. The molecule has 2 aromatic heterocycles. The maximum Gasteiger partial charge on any atom is 0.326 e. The number of nitrogens with zero attached hydrogens (tertiary/aromatic N) is 5. The van der Waals surface area contributed by atoms with Crippen LogP contribution in [0.2, 0.25) is 0 Å². The summed E-state index contributed by atoms with van der Waals surface area (Å²) in [6.07, 6.45) is 5.33. The number of carbonyl (C=O) groups is 2. The monoisotopic (exact) mass is 482 g/mol. The number of carbonyl (C=O) groups excluding carboxylic acids is 2. The number of anilines is 2. The van der Waals surface area contributed by atoms with Crippen LogP contribution in [-0.4, -0.2) is 44.6 Å². The van der Waals surface area contributed by atoms with Crippen molar-refractivity contribution in [3.05, 3.63) is 51.8 Å². The average Bonchev–Trinajstić information content (AvgIpc) is 3.38. The van der Waals surface area contributed by atoms with Gasteiger partial charge in [0.05, 0.1) is 6.20 Å². The molecule has 10 nitrogen and oxygen atoms in total. The Hall–Kier alpha value is -3.47. The molecule has 158 valence electrons. The highest BCUT2D eigenvalue weighted by atomic mass is 79.9. The van der Waals surface area contributed by atoms with Gasteiger partial charge >= 0.3 is 6.03 Å². The Labute approximate surface area is 185 Å². The van der Waals surface area contributed by atoms with E-state index >= 15 is 0 Å². The summed E-state index contributed by atoms with van der Waals surface area (Å²) in [6, 6.07) is 7.81. The lowest BCUT2D eigenvalue weighted by Crippen LogP contribution is -2.22. The van der Waals surface area contributed by atoms with Crippen LogP contribution in [0.5, 0.6) is 0 Å². The summed E-state index contributed by atoms with van der Waals surface area (Å²) in [5.41, 5.74) is 2.39. The Morgan fingerprint density at radius 2 is 2.06 bits per heavy atom. The first-order valence-electron chi connectivity index (χ1n) is 9.79. The second kappa shape index (κ2) is 7.65. The Kier molecular flexibility index (Phi) is 4.81. The van der Waals surface area contributed by atoms with Crippen molar-refractivity contribution in [2.75, 3.05) is 17.3 Å². The average molecular weight is 483 g/mol. The van der Waals surface area contributed by atoms with Gasteiger partial charge in [-0.05, 0) is 30.5 Å². The molecule has 0 spiro atoms. The minimum Gasteiger partial charge on any atom is -0.351 e. The number of benzene rings is 1. The van der Waals surface area contributed by atoms with E-state index in [0.29, 0.717) is 35.7 Å². The maximum absolute atomic E-state index is 11.9. The summed E-state index contributed by atoms with van der Waals surface area (Å²) >= 11 is 3.58. The SMILES string of the molecule is CN(Cc1ccccc1Br)c1nc(NC2CC2)n2ncc(/C=C3\NC(=O)NC3=O)c2n1. The highest BCUT2D eigenvalue weighted by Crippen LogP contribution is 2.27. The highest BCUT2D eigenvalue weighted by molar-refractivity contribution is 9.10. The molecule has 5 rings (SSSR count). The quantitative estimate of drug-likeness (QED) is 0.364. The molecule has 1 saturated carbocycles. The zero-order valence-electron chi connectivity index (χ0n) is 16.6. The van der Waals surface area contributed by atoms with Crippen molar-refractivity contribution in [2.45, 2.75) is 25.4 Å². The molecule has 0 radical (unpaired) electrons. The van der Waals surface area contributed by atoms with E-state index in [1.165, 1.54) is 0 Å². The Bertz CT molecular complexity index is 1230. The molecular formula is C20H19BrN8O2. The first kappa shape index (κ1) is 19.5. The van der Waals surface area contributed by atoms with Crippen molar-refractivity contribution in [3.8, 4) is 0 Å². The molecule has 2 aliphatic rings. The van der Waals surface area contributed by atoms with E-state index in [0.717, 1.165) is 22.9 Å². The number of hydrogen-bond donors (Lipinski definition) is 3. The van der Waals surface area contributed by atoms with E-state index in [2.05, 4.69) is 37.0 Å². The van der Waals surface area contributed by atoms with E-state index < -0.39 is 11.9 Å². The summed E-state index contributed by atoms with van der Waals surface area (Å²) in [5, 5.41) is 12.5. The van der Waals surface area contributed by atoms with Crippen LogP contribution < -0.4 is 20.9 Å². The zero-order valence-corrected chi connectivity index (χ0v) is 18.2. The zero-order chi connectivity index (χ0) is 21.5. The summed E-state index contributed by atoms with van der Waals surface area (Å²) in [6.45, 7) is 0.601. The maximum atomic E-state index is 11.9. The molecule has 1 aliphatic carbocycles. The van der Waals surface area contributed by atoms with Crippen LogP contribution in [0.1, 0.15) is 24.0 Å². The number of hydrogen-bond acceptors (Lipinski definition) is 7. The van der Waals surface area contributed by atoms with Gasteiger partial charge in [0.25, 0.3) is 5.91 Å². The van der Waals surface area contributed by atoms with Gasteiger partial charge in [-0.25, -0.2) is 4.79 Å². The molecular weight excluding hydrogens is 464 g/mol. The van der Waals surface area contributed by atoms with E-state index in [1.54, 1.807) is 16.8 Å². The van der Waals surface area contributed by atoms with Crippen LogP contribution in [0.15, 0.2) is 40.6 Å². The molecule has 1 aliphatic heterocycles. The van der Waals surface area contributed by atoms with Crippen molar-refractivity contribution in [1.82, 2.24) is 30.2 Å². The smallest absolute Gasteiger partial charge is 0.326 e. The molecule has 2 fully saturated rings. The number of rotatable bonds is 6. The van der Waals surface area contributed by atoms with Gasteiger partial charge in [-0.3, -0.25) is 10.1 Å². The molecule has 31 heavy (non-hydrogen) atoms. The number of imide groups is 1. The predicted molar refractivity (Wildman–Crippen MR) is 118 cm³/mol. The minimum absolute atomic E-state index is 0.151. The minimum atomic E-state index is -0.549. The summed E-state index contributed by atoms with van der Waals surface area (Å²) < 4.78 is 2.63. The van der Waals surface area contributed by atoms with Crippen LogP contribution in [0.4, 0.5) is 16.7 Å². The second-order valence-electron chi connectivity index (χ2n) is 7.51. The number of halogens is 1. The largest absolute Gasteiger partial charge is 0.351 e. The van der Waals surface area contributed by atoms with Crippen molar-refractivity contribution in [1.29, 1.82) is 0 Å². The Morgan fingerprint density at radius 3 is 2.77 bits per heavy atom. The van der Waals surface area contributed by atoms with Gasteiger partial charge in [-0.15, -0.1) is 0 Å². The van der Waals surface area contributed by atoms with Crippen LogP contribution in [0, 0.1) is 0 Å². The first-order valence-corrected chi connectivity index (χ1v) is 10.6. The standard InChI is InChI=1S/C20H19BrN8O2/c1-28(10-11-4-2-3-5-14(11)21)18-25-16-12(8-15-17(30)26-20(31)24-15)9-22-29(16)19(27-18)23-13-6-7-13/h2-5,8-9,13H,6-7,10H2,1H3,(H,23,25,27)(H2,24,26,30,31)/b15-8-. The predicted octanol–water partition coefficient (Wildman–Crippen LogP) is 2.28. The summed E-state index contributed by atoms with van der Waals surface area (Å²) in [5.74, 6) is 0.624. The number of aromatic nitrogens is 4. The molecule has 11 heteroatoms. The molecule has 1 saturated heterocycles. The highest BCUT2D eigenvalue weighted by Gasteiger charge is 2.26. The van der Waals surface area contributed by atoms with Crippen molar-refractivity contribution >= 4 is 51.5 Å². The van der Waals surface area contributed by atoms with E-state index in [-0.39, 0.29) is 5.70 Å². The lowest BCUT2D eigenvalue weighted by Gasteiger charge is -2.19. The molecule has 0 bridgehead atoms. The third-order valence-corrected chi connectivity index (χ3v) is 5.79. The third kappa shape index (κ3) is 3.96. The lowest BCUT2D eigenvalue weighted by molar-refractivity contribution is -0.115. The number of fused-ring (bicyclic) bond motifs is 1. The van der Waals surface area contributed by atoms with Crippen LogP contribution in [0.3, 0.4) is 0 Å². The summed E-state index contributed by atoms with van der Waals surface area (Å²) in [4.78, 5) is 34.7. The normalized spacial score (nSPS) is 17.2. The van der Waals surface area contributed by atoms with Gasteiger partial charge in [-0.1, -0.05) is 34.1 Å². The lowest BCUT2D eigenvalue weighted by atomic mass is 10.2. The van der Waals surface area contributed by atoms with Gasteiger partial charge in [0.15, 0.2) is 5.65 Å². The first-order chi connectivity index (χ1) is 15.0. The third-order valence-electron chi connectivity index (χ3n) is 5.02. The van der Waals surface area contributed by atoms with E-state index in [1.807, 2.05) is 36.2 Å². The molecule has 0 atom stereocenters. The second-order valence-corrected chi connectivity index (χ2v) is 8.37. The molecule has 0 unspecified atom stereocenters. The van der Waals surface area contributed by atoms with Gasteiger partial charge < -0.3 is 15.5 Å². The molecule has 3 amide bonds. The topological polar surface area (TPSA) is 117 Å². The number of nitrogens with one attached hydrogen (secondary N) is 3. The molecule has 3 heterocycles. The van der Waals surface area contributed by atoms with Gasteiger partial charge in [0, 0.05) is 29.7 Å². The fourth-order valence-corrected chi connectivity index (χ4v) is 3.66.